The molecule has 0 radical (unpaired) electrons. The molecule has 2 aromatic carbocycles. The van der Waals surface area contributed by atoms with E-state index in [-0.39, 0.29) is 11.7 Å². The number of nitrogens with one attached hydrogen (secondary N) is 1. The summed E-state index contributed by atoms with van der Waals surface area (Å²) in [5.41, 5.74) is 6.81. The topological polar surface area (TPSA) is 41.5 Å². The fourth-order valence-electron chi connectivity index (χ4n) is 1.99. The van der Waals surface area contributed by atoms with E-state index in [0.717, 1.165) is 22.4 Å². The van der Waals surface area contributed by atoms with E-state index in [0.29, 0.717) is 5.56 Å². The maximum atomic E-state index is 12.8. The second-order valence-corrected chi connectivity index (χ2v) is 4.96. The van der Waals surface area contributed by atoms with Gasteiger partial charge in [0, 0.05) is 11.1 Å². The van der Waals surface area contributed by atoms with E-state index in [1.165, 1.54) is 24.3 Å². The first-order chi connectivity index (χ1) is 9.97. The van der Waals surface area contributed by atoms with Crippen molar-refractivity contribution in [2.75, 3.05) is 0 Å². The summed E-state index contributed by atoms with van der Waals surface area (Å²) in [6.45, 7) is 5.84. The zero-order chi connectivity index (χ0) is 15.4. The van der Waals surface area contributed by atoms with Crippen LogP contribution in [-0.2, 0) is 0 Å². The van der Waals surface area contributed by atoms with Crippen molar-refractivity contribution in [3.05, 3.63) is 70.5 Å². The smallest absolute Gasteiger partial charge is 0.267 e. The Morgan fingerprint density at radius 2 is 1.76 bits per heavy atom. The molecule has 0 saturated heterocycles. The quantitative estimate of drug-likeness (QED) is 0.679. The standard InChI is InChI=1S/C17H17FN2O/c1-11-4-5-12(2)16(10-11)13(3)19-20-17(21)14-6-8-15(18)9-7-14/h4-10H,1-3H3,(H,20,21)/b19-13+. The van der Waals surface area contributed by atoms with Crippen LogP contribution in [0.4, 0.5) is 4.39 Å². The van der Waals surface area contributed by atoms with Gasteiger partial charge in [-0.1, -0.05) is 17.7 Å². The molecular formula is C17H17FN2O. The summed E-state index contributed by atoms with van der Waals surface area (Å²) in [5, 5.41) is 4.12. The van der Waals surface area contributed by atoms with Gasteiger partial charge in [0.2, 0.25) is 0 Å². The molecule has 0 spiro atoms. The first-order valence-corrected chi connectivity index (χ1v) is 6.65. The number of rotatable bonds is 3. The van der Waals surface area contributed by atoms with Gasteiger partial charge in [-0.05, 0) is 56.7 Å². The highest BCUT2D eigenvalue weighted by molar-refractivity contribution is 6.01. The molecule has 0 heterocycles. The normalized spacial score (nSPS) is 11.3. The van der Waals surface area contributed by atoms with E-state index >= 15 is 0 Å². The lowest BCUT2D eigenvalue weighted by atomic mass is 10.0. The highest BCUT2D eigenvalue weighted by atomic mass is 19.1. The van der Waals surface area contributed by atoms with Crippen molar-refractivity contribution in [1.29, 1.82) is 0 Å². The number of benzene rings is 2. The maximum absolute atomic E-state index is 12.8. The van der Waals surface area contributed by atoms with Crippen LogP contribution in [0.2, 0.25) is 0 Å². The van der Waals surface area contributed by atoms with E-state index in [1.807, 2.05) is 39.0 Å². The molecule has 2 aromatic rings. The third-order valence-electron chi connectivity index (χ3n) is 3.21. The summed E-state index contributed by atoms with van der Waals surface area (Å²) in [6.07, 6.45) is 0. The predicted molar refractivity (Wildman–Crippen MR) is 82.0 cm³/mol. The molecule has 0 bridgehead atoms. The number of carbonyl (C=O) groups excluding carboxylic acids is 1. The molecule has 0 saturated carbocycles. The first kappa shape index (κ1) is 14.9. The molecule has 0 fully saturated rings. The third-order valence-corrected chi connectivity index (χ3v) is 3.21. The molecule has 0 atom stereocenters. The Labute approximate surface area is 123 Å². The predicted octanol–water partition coefficient (Wildman–Crippen LogP) is 3.60. The number of halogens is 1. The molecule has 0 unspecified atom stereocenters. The third kappa shape index (κ3) is 3.75. The van der Waals surface area contributed by atoms with Crippen molar-refractivity contribution in [2.24, 2.45) is 5.10 Å². The molecule has 108 valence electrons. The minimum absolute atomic E-state index is 0.361. The first-order valence-electron chi connectivity index (χ1n) is 6.65. The number of nitrogens with zero attached hydrogens (tertiary/aromatic N) is 1. The largest absolute Gasteiger partial charge is 0.271 e. The average molecular weight is 284 g/mol. The summed E-state index contributed by atoms with van der Waals surface area (Å²) < 4.78 is 12.8. The lowest BCUT2D eigenvalue weighted by molar-refractivity contribution is 0.0955. The Bertz CT molecular complexity index is 690. The van der Waals surface area contributed by atoms with Crippen LogP contribution in [0.3, 0.4) is 0 Å². The van der Waals surface area contributed by atoms with Crippen molar-refractivity contribution >= 4 is 11.6 Å². The van der Waals surface area contributed by atoms with Gasteiger partial charge in [-0.2, -0.15) is 5.10 Å². The van der Waals surface area contributed by atoms with Crippen LogP contribution in [0.25, 0.3) is 0 Å². The molecule has 4 heteroatoms. The van der Waals surface area contributed by atoms with Crippen LogP contribution >= 0.6 is 0 Å². The van der Waals surface area contributed by atoms with Gasteiger partial charge in [-0.15, -0.1) is 0 Å². The van der Waals surface area contributed by atoms with Crippen molar-refractivity contribution in [2.45, 2.75) is 20.8 Å². The van der Waals surface area contributed by atoms with E-state index < -0.39 is 0 Å². The van der Waals surface area contributed by atoms with Gasteiger partial charge in [0.05, 0.1) is 5.71 Å². The molecule has 1 amide bonds. The number of hydrogen-bond acceptors (Lipinski definition) is 2. The van der Waals surface area contributed by atoms with Gasteiger partial charge in [-0.25, -0.2) is 9.82 Å². The summed E-state index contributed by atoms with van der Waals surface area (Å²) in [5.74, 6) is -0.735. The zero-order valence-electron chi connectivity index (χ0n) is 12.3. The fourth-order valence-corrected chi connectivity index (χ4v) is 1.99. The molecule has 1 N–H and O–H groups in total. The number of amides is 1. The monoisotopic (exact) mass is 284 g/mol. The summed E-state index contributed by atoms with van der Waals surface area (Å²) >= 11 is 0. The van der Waals surface area contributed by atoms with E-state index in [2.05, 4.69) is 10.5 Å². The van der Waals surface area contributed by atoms with Gasteiger partial charge in [0.15, 0.2) is 0 Å². The van der Waals surface area contributed by atoms with Crippen LogP contribution < -0.4 is 5.43 Å². The Morgan fingerprint density at radius 1 is 1.10 bits per heavy atom. The summed E-state index contributed by atoms with van der Waals surface area (Å²) in [4.78, 5) is 11.9. The molecule has 0 aliphatic rings. The minimum Gasteiger partial charge on any atom is -0.267 e. The molecular weight excluding hydrogens is 267 g/mol. The Kier molecular flexibility index (Phi) is 4.48. The molecule has 3 nitrogen and oxygen atoms in total. The van der Waals surface area contributed by atoms with Crippen LogP contribution in [-0.4, -0.2) is 11.6 Å². The van der Waals surface area contributed by atoms with Crippen molar-refractivity contribution in [1.82, 2.24) is 5.43 Å². The van der Waals surface area contributed by atoms with Gasteiger partial charge < -0.3 is 0 Å². The highest BCUT2D eigenvalue weighted by Crippen LogP contribution is 2.11. The van der Waals surface area contributed by atoms with Gasteiger partial charge in [0.1, 0.15) is 5.82 Å². The van der Waals surface area contributed by atoms with E-state index in [9.17, 15) is 9.18 Å². The van der Waals surface area contributed by atoms with Crippen molar-refractivity contribution < 1.29 is 9.18 Å². The highest BCUT2D eigenvalue weighted by Gasteiger charge is 2.06. The van der Waals surface area contributed by atoms with Crippen LogP contribution in [0, 0.1) is 19.7 Å². The van der Waals surface area contributed by atoms with Crippen LogP contribution in [0.15, 0.2) is 47.6 Å². The molecule has 0 aromatic heterocycles. The maximum Gasteiger partial charge on any atom is 0.271 e. The minimum atomic E-state index is -0.374. The number of hydrazone groups is 1. The fraction of sp³-hybridized carbons (Fsp3) is 0.176. The molecule has 2 rings (SSSR count). The summed E-state index contributed by atoms with van der Waals surface area (Å²) in [7, 11) is 0. The second-order valence-electron chi connectivity index (χ2n) is 4.96. The average Bonchev–Trinajstić information content (AvgIpc) is 2.47. The van der Waals surface area contributed by atoms with Gasteiger partial charge in [-0.3, -0.25) is 4.79 Å². The molecule has 0 aliphatic heterocycles. The van der Waals surface area contributed by atoms with Crippen molar-refractivity contribution in [3.8, 4) is 0 Å². The van der Waals surface area contributed by atoms with E-state index in [4.69, 9.17) is 0 Å². The van der Waals surface area contributed by atoms with Gasteiger partial charge in [0.25, 0.3) is 5.91 Å². The SMILES string of the molecule is C/C(=N\NC(=O)c1ccc(F)cc1)c1cc(C)ccc1C. The molecule has 0 aliphatic carbocycles. The van der Waals surface area contributed by atoms with Crippen molar-refractivity contribution in [3.63, 3.8) is 0 Å². The van der Waals surface area contributed by atoms with Crippen LogP contribution in [0.1, 0.15) is 34.0 Å². The lowest BCUT2D eigenvalue weighted by Crippen LogP contribution is -2.19. The second kappa shape index (κ2) is 6.31. The zero-order valence-corrected chi connectivity index (χ0v) is 12.3. The Hall–Kier alpha value is -2.49. The number of hydrogen-bond donors (Lipinski definition) is 1. The lowest BCUT2D eigenvalue weighted by Gasteiger charge is -2.07. The van der Waals surface area contributed by atoms with E-state index in [1.54, 1.807) is 0 Å². The Balaban J connectivity index is 2.14. The summed E-state index contributed by atoms with van der Waals surface area (Å²) in [6, 6.07) is 11.4. The number of aryl methyl sites for hydroxylation is 2. The Morgan fingerprint density at radius 3 is 2.43 bits per heavy atom. The molecule has 21 heavy (non-hydrogen) atoms. The van der Waals surface area contributed by atoms with Gasteiger partial charge >= 0.3 is 0 Å². The van der Waals surface area contributed by atoms with Crippen LogP contribution in [0.5, 0.6) is 0 Å². The number of carbonyl (C=O) groups is 1.